The number of benzene rings is 2. The Hall–Kier alpha value is -2.73. The van der Waals surface area contributed by atoms with Crippen LogP contribution in [-0.4, -0.2) is 19.6 Å². The number of fused-ring (bicyclic) bond motifs is 3. The topological polar surface area (TPSA) is 63.0 Å². The zero-order valence-electron chi connectivity index (χ0n) is 11.0. The van der Waals surface area contributed by atoms with Crippen LogP contribution in [0.2, 0.25) is 5.02 Å². The molecule has 5 nitrogen and oxygen atoms in total. The van der Waals surface area contributed by atoms with Crippen LogP contribution in [0.4, 0.5) is 4.39 Å². The molecule has 0 saturated heterocycles. The molecule has 1 N–H and O–H groups in total. The van der Waals surface area contributed by atoms with Gasteiger partial charge in [-0.05, 0) is 42.5 Å². The van der Waals surface area contributed by atoms with E-state index in [0.29, 0.717) is 33.0 Å². The highest BCUT2D eigenvalue weighted by atomic mass is 35.5. The summed E-state index contributed by atoms with van der Waals surface area (Å²) < 4.78 is 14.2. The van der Waals surface area contributed by atoms with Crippen LogP contribution in [0.1, 0.15) is 0 Å². The number of aromatic amines is 1. The molecular weight excluding hydrogens is 307 g/mol. The van der Waals surface area contributed by atoms with Crippen LogP contribution in [-0.2, 0) is 0 Å². The molecule has 0 amide bonds. The Morgan fingerprint density at radius 1 is 1.14 bits per heavy atom. The van der Waals surface area contributed by atoms with Gasteiger partial charge in [0, 0.05) is 16.0 Å². The van der Waals surface area contributed by atoms with E-state index < -0.39 is 5.69 Å². The predicted molar refractivity (Wildman–Crippen MR) is 81.5 cm³/mol. The summed E-state index contributed by atoms with van der Waals surface area (Å²) in [5.74, 6) is 0.000526. The van der Waals surface area contributed by atoms with Crippen molar-refractivity contribution < 1.29 is 4.39 Å². The summed E-state index contributed by atoms with van der Waals surface area (Å²) in [6, 6.07) is 10.9. The summed E-state index contributed by atoms with van der Waals surface area (Å²) >= 11 is 6.01. The number of rotatable bonds is 1. The van der Waals surface area contributed by atoms with Gasteiger partial charge < -0.3 is 4.98 Å². The molecular formula is C15H8ClFN4O. The minimum absolute atomic E-state index is 0.345. The number of H-pyrrole nitrogens is 1. The molecule has 0 fully saturated rings. The van der Waals surface area contributed by atoms with Crippen LogP contribution in [0.25, 0.3) is 27.9 Å². The van der Waals surface area contributed by atoms with E-state index in [1.165, 1.54) is 16.6 Å². The van der Waals surface area contributed by atoms with Gasteiger partial charge in [-0.3, -0.25) is 0 Å². The van der Waals surface area contributed by atoms with Gasteiger partial charge in [0.15, 0.2) is 11.5 Å². The van der Waals surface area contributed by atoms with Crippen LogP contribution in [0.3, 0.4) is 0 Å². The van der Waals surface area contributed by atoms with Crippen molar-refractivity contribution in [3.8, 4) is 11.4 Å². The molecule has 2 heterocycles. The molecule has 108 valence electrons. The molecule has 0 unspecified atom stereocenters. The fourth-order valence-electron chi connectivity index (χ4n) is 2.33. The smallest absolute Gasteiger partial charge is 0.305 e. The molecule has 0 atom stereocenters. The van der Waals surface area contributed by atoms with E-state index >= 15 is 0 Å². The van der Waals surface area contributed by atoms with E-state index in [-0.39, 0.29) is 5.82 Å². The molecule has 0 radical (unpaired) electrons. The third kappa shape index (κ3) is 1.96. The van der Waals surface area contributed by atoms with E-state index in [1.807, 2.05) is 0 Å². The maximum atomic E-state index is 13.0. The van der Waals surface area contributed by atoms with Crippen molar-refractivity contribution in [3.63, 3.8) is 0 Å². The molecule has 0 saturated carbocycles. The van der Waals surface area contributed by atoms with Gasteiger partial charge in [-0.2, -0.15) is 4.52 Å². The van der Waals surface area contributed by atoms with Crippen LogP contribution < -0.4 is 5.69 Å². The summed E-state index contributed by atoms with van der Waals surface area (Å²) in [6.07, 6.45) is 0. The summed E-state index contributed by atoms with van der Waals surface area (Å²) in [6.45, 7) is 0. The average Bonchev–Trinajstić information content (AvgIpc) is 2.95. The van der Waals surface area contributed by atoms with Crippen molar-refractivity contribution in [3.05, 3.63) is 63.8 Å². The Bertz CT molecular complexity index is 1070. The second-order valence-corrected chi connectivity index (χ2v) is 5.23. The summed E-state index contributed by atoms with van der Waals surface area (Å²) in [5, 5.41) is 5.41. The first kappa shape index (κ1) is 13.0. The van der Waals surface area contributed by atoms with Gasteiger partial charge in [0.25, 0.3) is 0 Å². The second-order valence-electron chi connectivity index (χ2n) is 4.80. The Balaban J connectivity index is 2.06. The first-order valence-electron chi connectivity index (χ1n) is 6.46. The van der Waals surface area contributed by atoms with Crippen molar-refractivity contribution >= 4 is 28.2 Å². The molecule has 0 aliphatic carbocycles. The lowest BCUT2D eigenvalue weighted by molar-refractivity contribution is 0.628. The van der Waals surface area contributed by atoms with Gasteiger partial charge in [-0.25, -0.2) is 14.2 Å². The minimum Gasteiger partial charge on any atom is -0.305 e. The maximum absolute atomic E-state index is 13.0. The lowest BCUT2D eigenvalue weighted by atomic mass is 10.2. The van der Waals surface area contributed by atoms with Gasteiger partial charge in [-0.1, -0.05) is 11.6 Å². The number of halogens is 2. The average molecular weight is 315 g/mol. The van der Waals surface area contributed by atoms with Crippen LogP contribution in [0.15, 0.2) is 47.3 Å². The van der Waals surface area contributed by atoms with Crippen LogP contribution in [0, 0.1) is 5.82 Å². The molecule has 0 aliphatic heterocycles. The van der Waals surface area contributed by atoms with Crippen LogP contribution >= 0.6 is 11.6 Å². The first-order valence-corrected chi connectivity index (χ1v) is 6.84. The number of nitrogens with zero attached hydrogens (tertiary/aromatic N) is 3. The molecule has 0 bridgehead atoms. The maximum Gasteiger partial charge on any atom is 0.348 e. The lowest BCUT2D eigenvalue weighted by Gasteiger charge is -1.99. The molecule has 2 aromatic carbocycles. The van der Waals surface area contributed by atoms with Gasteiger partial charge >= 0.3 is 5.69 Å². The quantitative estimate of drug-likeness (QED) is 0.587. The van der Waals surface area contributed by atoms with Crippen molar-refractivity contribution in [2.45, 2.75) is 0 Å². The molecule has 0 aliphatic rings. The molecule has 2 aromatic heterocycles. The van der Waals surface area contributed by atoms with E-state index in [0.717, 1.165) is 0 Å². The van der Waals surface area contributed by atoms with E-state index in [4.69, 9.17) is 11.6 Å². The van der Waals surface area contributed by atoms with Gasteiger partial charge in [-0.15, -0.1) is 5.10 Å². The summed E-state index contributed by atoms with van der Waals surface area (Å²) in [7, 11) is 0. The third-order valence-corrected chi connectivity index (χ3v) is 3.60. The fourth-order valence-corrected chi connectivity index (χ4v) is 2.50. The van der Waals surface area contributed by atoms with Gasteiger partial charge in [0.05, 0.1) is 5.52 Å². The molecule has 22 heavy (non-hydrogen) atoms. The molecule has 4 rings (SSSR count). The van der Waals surface area contributed by atoms with Gasteiger partial charge in [0.1, 0.15) is 5.82 Å². The van der Waals surface area contributed by atoms with Crippen molar-refractivity contribution in [2.75, 3.05) is 0 Å². The molecule has 7 heteroatoms. The Morgan fingerprint density at radius 3 is 2.68 bits per heavy atom. The highest BCUT2D eigenvalue weighted by Gasteiger charge is 2.12. The Labute approximate surface area is 128 Å². The SMILES string of the molecule is O=c1[nH]c2ccc(Cl)cc2c2nc(-c3ccc(F)cc3)nn12. The molecule has 4 aromatic rings. The monoisotopic (exact) mass is 314 g/mol. The van der Waals surface area contributed by atoms with Gasteiger partial charge in [0.2, 0.25) is 0 Å². The number of hydrogen-bond acceptors (Lipinski definition) is 3. The Kier molecular flexibility index (Phi) is 2.74. The van der Waals surface area contributed by atoms with Crippen molar-refractivity contribution in [1.29, 1.82) is 0 Å². The van der Waals surface area contributed by atoms with E-state index in [9.17, 15) is 9.18 Å². The van der Waals surface area contributed by atoms with Crippen LogP contribution in [0.5, 0.6) is 0 Å². The minimum atomic E-state index is -0.398. The zero-order chi connectivity index (χ0) is 15.3. The lowest BCUT2D eigenvalue weighted by Crippen LogP contribution is -2.17. The highest BCUT2D eigenvalue weighted by molar-refractivity contribution is 6.31. The van der Waals surface area contributed by atoms with Crippen molar-refractivity contribution in [2.24, 2.45) is 0 Å². The number of aromatic nitrogens is 4. The standard InChI is InChI=1S/C15H8ClFN4O/c16-9-3-6-12-11(7-9)14-19-13(20-21(14)15(22)18-12)8-1-4-10(17)5-2-8/h1-7H,(H,18,22). The first-order chi connectivity index (χ1) is 10.6. The normalized spacial score (nSPS) is 11.4. The van der Waals surface area contributed by atoms with Crippen molar-refractivity contribution in [1.82, 2.24) is 19.6 Å². The second kappa shape index (κ2) is 4.64. The number of hydrogen-bond donors (Lipinski definition) is 1. The zero-order valence-corrected chi connectivity index (χ0v) is 11.8. The molecule has 0 spiro atoms. The summed E-state index contributed by atoms with van der Waals surface area (Å²) in [5.41, 5.74) is 1.26. The summed E-state index contributed by atoms with van der Waals surface area (Å²) in [4.78, 5) is 19.2. The van der Waals surface area contributed by atoms with E-state index in [2.05, 4.69) is 15.1 Å². The largest absolute Gasteiger partial charge is 0.348 e. The fraction of sp³-hybridized carbons (Fsp3) is 0. The predicted octanol–water partition coefficient (Wildman–Crippen LogP) is 3.03. The highest BCUT2D eigenvalue weighted by Crippen LogP contribution is 2.22. The number of nitrogens with one attached hydrogen (secondary N) is 1. The third-order valence-electron chi connectivity index (χ3n) is 3.37. The Morgan fingerprint density at radius 2 is 1.91 bits per heavy atom. The van der Waals surface area contributed by atoms with E-state index in [1.54, 1.807) is 30.3 Å².